The van der Waals surface area contributed by atoms with E-state index in [1.165, 1.54) is 77.0 Å². The second kappa shape index (κ2) is 16.8. The molecule has 0 aliphatic carbocycles. The SMILES string of the molecule is CCCCCCCCCCCCCCC(=NO)C(CC)CC. The van der Waals surface area contributed by atoms with Crippen LogP contribution in [0.1, 0.15) is 117 Å². The molecule has 0 radical (unpaired) electrons. The summed E-state index contributed by atoms with van der Waals surface area (Å²) in [4.78, 5) is 0. The van der Waals surface area contributed by atoms with Gasteiger partial charge >= 0.3 is 0 Å². The molecule has 0 spiro atoms. The fourth-order valence-corrected chi connectivity index (χ4v) is 3.24. The molecule has 0 bridgehead atoms. The van der Waals surface area contributed by atoms with E-state index >= 15 is 0 Å². The molecule has 2 heteroatoms. The second-order valence-electron chi connectivity index (χ2n) is 6.74. The quantitative estimate of drug-likeness (QED) is 0.137. The summed E-state index contributed by atoms with van der Waals surface area (Å²) in [6.07, 6.45) is 19.7. The highest BCUT2D eigenvalue weighted by atomic mass is 16.4. The van der Waals surface area contributed by atoms with Gasteiger partial charge in [0.05, 0.1) is 5.71 Å². The molecule has 0 aromatic rings. The molecule has 0 aliphatic heterocycles. The molecule has 0 saturated heterocycles. The molecule has 0 amide bonds. The Bertz CT molecular complexity index is 246. The molecule has 2 nitrogen and oxygen atoms in total. The van der Waals surface area contributed by atoms with Gasteiger partial charge in [0.15, 0.2) is 0 Å². The first-order valence-electron chi connectivity index (χ1n) is 10.0. The smallest absolute Gasteiger partial charge is 0.0601 e. The van der Waals surface area contributed by atoms with Gasteiger partial charge in [0.1, 0.15) is 0 Å². The first kappa shape index (κ1) is 21.5. The minimum Gasteiger partial charge on any atom is -0.411 e. The van der Waals surface area contributed by atoms with Gasteiger partial charge in [0.25, 0.3) is 0 Å². The van der Waals surface area contributed by atoms with Gasteiger partial charge in [-0.15, -0.1) is 0 Å². The zero-order valence-corrected chi connectivity index (χ0v) is 15.6. The van der Waals surface area contributed by atoms with Crippen LogP contribution in [-0.2, 0) is 0 Å². The lowest BCUT2D eigenvalue weighted by molar-refractivity contribution is 0.311. The fourth-order valence-electron chi connectivity index (χ4n) is 3.24. The van der Waals surface area contributed by atoms with Gasteiger partial charge in [0.2, 0.25) is 0 Å². The molecular weight excluding hydrogens is 270 g/mol. The Morgan fingerprint density at radius 3 is 1.45 bits per heavy atom. The third kappa shape index (κ3) is 12.1. The van der Waals surface area contributed by atoms with Crippen LogP contribution < -0.4 is 0 Å². The van der Waals surface area contributed by atoms with Crippen LogP contribution >= 0.6 is 0 Å². The summed E-state index contributed by atoms with van der Waals surface area (Å²) in [5.74, 6) is 0.484. The molecule has 0 aromatic carbocycles. The maximum atomic E-state index is 9.12. The van der Waals surface area contributed by atoms with Gasteiger partial charge in [-0.25, -0.2) is 0 Å². The summed E-state index contributed by atoms with van der Waals surface area (Å²) in [5.41, 5.74) is 1.03. The van der Waals surface area contributed by atoms with E-state index in [-0.39, 0.29) is 0 Å². The minimum atomic E-state index is 0.484. The molecular formula is C20H41NO. The van der Waals surface area contributed by atoms with E-state index in [0.717, 1.165) is 25.0 Å². The van der Waals surface area contributed by atoms with Crippen molar-refractivity contribution in [1.29, 1.82) is 0 Å². The van der Waals surface area contributed by atoms with Crippen LogP contribution in [0.25, 0.3) is 0 Å². The average molecular weight is 312 g/mol. The number of nitrogens with zero attached hydrogens (tertiary/aromatic N) is 1. The standard InChI is InChI=1S/C20H41NO/c1-4-7-8-9-10-11-12-13-14-15-16-17-18-20(21-22)19(5-2)6-3/h19,22H,4-18H2,1-3H3. The molecule has 0 heterocycles. The largest absolute Gasteiger partial charge is 0.411 e. The number of hydrogen-bond donors (Lipinski definition) is 1. The molecule has 1 N–H and O–H groups in total. The summed E-state index contributed by atoms with van der Waals surface area (Å²) < 4.78 is 0. The highest BCUT2D eigenvalue weighted by molar-refractivity contribution is 5.86. The topological polar surface area (TPSA) is 32.6 Å². The van der Waals surface area contributed by atoms with Crippen molar-refractivity contribution in [3.8, 4) is 0 Å². The Balaban J connectivity index is 3.36. The van der Waals surface area contributed by atoms with Crippen molar-refractivity contribution < 1.29 is 5.21 Å². The minimum absolute atomic E-state index is 0.484. The maximum absolute atomic E-state index is 9.12. The van der Waals surface area contributed by atoms with Crippen molar-refractivity contribution in [3.63, 3.8) is 0 Å². The zero-order valence-electron chi connectivity index (χ0n) is 15.6. The van der Waals surface area contributed by atoms with Gasteiger partial charge in [-0.3, -0.25) is 0 Å². The van der Waals surface area contributed by atoms with E-state index in [4.69, 9.17) is 5.21 Å². The molecule has 0 unspecified atom stereocenters. The van der Waals surface area contributed by atoms with E-state index in [1.807, 2.05) is 0 Å². The van der Waals surface area contributed by atoms with Gasteiger partial charge in [0, 0.05) is 5.92 Å². The lowest BCUT2D eigenvalue weighted by Gasteiger charge is -2.13. The lowest BCUT2D eigenvalue weighted by Crippen LogP contribution is -2.13. The summed E-state index contributed by atoms with van der Waals surface area (Å²) >= 11 is 0. The predicted octanol–water partition coefficient (Wildman–Crippen LogP) is 7.34. The van der Waals surface area contributed by atoms with E-state index in [1.54, 1.807) is 0 Å². The maximum Gasteiger partial charge on any atom is 0.0601 e. The monoisotopic (exact) mass is 311 g/mol. The van der Waals surface area contributed by atoms with E-state index in [0.29, 0.717) is 5.92 Å². The van der Waals surface area contributed by atoms with Gasteiger partial charge in [-0.1, -0.05) is 96.6 Å². The summed E-state index contributed by atoms with van der Waals surface area (Å²) in [6.45, 7) is 6.64. The van der Waals surface area contributed by atoms with Gasteiger partial charge in [-0.05, 0) is 25.7 Å². The van der Waals surface area contributed by atoms with Crippen LogP contribution in [0.15, 0.2) is 5.16 Å². The Hall–Kier alpha value is -0.530. The average Bonchev–Trinajstić information content (AvgIpc) is 2.55. The number of unbranched alkanes of at least 4 members (excludes halogenated alkanes) is 11. The number of rotatable bonds is 16. The molecule has 0 saturated carbocycles. The van der Waals surface area contributed by atoms with Crippen LogP contribution in [0.2, 0.25) is 0 Å². The molecule has 22 heavy (non-hydrogen) atoms. The van der Waals surface area contributed by atoms with Crippen molar-refractivity contribution in [2.45, 2.75) is 117 Å². The third-order valence-corrected chi connectivity index (χ3v) is 4.87. The summed E-state index contributed by atoms with van der Waals surface area (Å²) in [7, 11) is 0. The molecule has 0 aliphatic rings. The van der Waals surface area contributed by atoms with Crippen LogP contribution in [-0.4, -0.2) is 10.9 Å². The summed E-state index contributed by atoms with van der Waals surface area (Å²) in [5, 5.41) is 12.7. The molecule has 132 valence electrons. The van der Waals surface area contributed by atoms with Crippen molar-refractivity contribution in [2.75, 3.05) is 0 Å². The predicted molar refractivity (Wildman–Crippen MR) is 99.0 cm³/mol. The highest BCUT2D eigenvalue weighted by Gasteiger charge is 2.11. The van der Waals surface area contributed by atoms with Gasteiger partial charge in [-0.2, -0.15) is 0 Å². The van der Waals surface area contributed by atoms with Crippen LogP contribution in [0.5, 0.6) is 0 Å². The Morgan fingerprint density at radius 1 is 0.682 bits per heavy atom. The zero-order chi connectivity index (χ0) is 16.5. The molecule has 0 atom stereocenters. The highest BCUT2D eigenvalue weighted by Crippen LogP contribution is 2.17. The van der Waals surface area contributed by atoms with E-state index in [2.05, 4.69) is 25.9 Å². The second-order valence-corrected chi connectivity index (χ2v) is 6.74. The normalized spacial score (nSPS) is 12.3. The Kier molecular flexibility index (Phi) is 16.4. The van der Waals surface area contributed by atoms with Gasteiger partial charge < -0.3 is 5.21 Å². The molecule has 0 fully saturated rings. The number of hydrogen-bond acceptors (Lipinski definition) is 2. The lowest BCUT2D eigenvalue weighted by atomic mass is 9.93. The van der Waals surface area contributed by atoms with E-state index in [9.17, 15) is 0 Å². The Labute approximate surface area is 139 Å². The van der Waals surface area contributed by atoms with E-state index < -0.39 is 0 Å². The van der Waals surface area contributed by atoms with Crippen molar-refractivity contribution in [3.05, 3.63) is 0 Å². The van der Waals surface area contributed by atoms with Crippen molar-refractivity contribution in [1.82, 2.24) is 0 Å². The third-order valence-electron chi connectivity index (χ3n) is 4.87. The molecule has 0 rings (SSSR count). The van der Waals surface area contributed by atoms with Crippen LogP contribution in [0.3, 0.4) is 0 Å². The van der Waals surface area contributed by atoms with Crippen LogP contribution in [0, 0.1) is 5.92 Å². The van der Waals surface area contributed by atoms with Crippen molar-refractivity contribution in [2.24, 2.45) is 11.1 Å². The fraction of sp³-hybridized carbons (Fsp3) is 0.950. The van der Waals surface area contributed by atoms with Crippen LogP contribution in [0.4, 0.5) is 0 Å². The molecule has 0 aromatic heterocycles. The first-order valence-corrected chi connectivity index (χ1v) is 10.0. The van der Waals surface area contributed by atoms with Crippen molar-refractivity contribution >= 4 is 5.71 Å². The first-order chi connectivity index (χ1) is 10.8. The Morgan fingerprint density at radius 2 is 1.09 bits per heavy atom. The summed E-state index contributed by atoms with van der Waals surface area (Å²) in [6, 6.07) is 0. The number of oxime groups is 1.